The molecule has 0 aromatic heterocycles. The normalized spacial score (nSPS) is 20.8. The van der Waals surface area contributed by atoms with Crippen molar-refractivity contribution in [2.24, 2.45) is 0 Å². The fourth-order valence-corrected chi connectivity index (χ4v) is 2.05. The molecule has 2 nitrogen and oxygen atoms in total. The maximum atomic E-state index is 10.8. The summed E-state index contributed by atoms with van der Waals surface area (Å²) < 4.78 is 0. The lowest BCUT2D eigenvalue weighted by Gasteiger charge is -2.22. The second-order valence-electron chi connectivity index (χ2n) is 3.55. The molecule has 1 aliphatic rings. The number of hydrogen-bond donors (Lipinski definition) is 1. The number of benzene rings is 1. The first-order valence-corrected chi connectivity index (χ1v) is 4.65. The van der Waals surface area contributed by atoms with Crippen LogP contribution in [-0.2, 0) is 11.2 Å². The van der Waals surface area contributed by atoms with Gasteiger partial charge in [0.15, 0.2) is 0 Å². The van der Waals surface area contributed by atoms with E-state index in [1.54, 1.807) is 0 Å². The first-order chi connectivity index (χ1) is 6.33. The van der Waals surface area contributed by atoms with Crippen LogP contribution in [0.4, 0.5) is 5.69 Å². The Bertz CT molecular complexity index is 333. The number of nitrogens with two attached hydrogens (primary N) is 1. The molecule has 0 fully saturated rings. The van der Waals surface area contributed by atoms with Crippen LogP contribution in [0.3, 0.4) is 0 Å². The van der Waals surface area contributed by atoms with Crippen LogP contribution in [0.5, 0.6) is 0 Å². The fraction of sp³-hybridized carbons (Fsp3) is 0.364. The molecule has 1 aromatic carbocycles. The number of aldehydes is 1. The van der Waals surface area contributed by atoms with Crippen molar-refractivity contribution in [1.82, 2.24) is 0 Å². The molecule has 0 saturated carbocycles. The molecule has 0 bridgehead atoms. The minimum Gasteiger partial charge on any atom is -0.398 e. The third-order valence-corrected chi connectivity index (χ3v) is 2.75. The molecule has 0 heterocycles. The zero-order chi connectivity index (χ0) is 9.26. The Morgan fingerprint density at radius 1 is 1.46 bits per heavy atom. The Morgan fingerprint density at radius 3 is 3.08 bits per heavy atom. The summed E-state index contributed by atoms with van der Waals surface area (Å²) >= 11 is 0. The first kappa shape index (κ1) is 8.30. The van der Waals surface area contributed by atoms with Crippen LogP contribution in [-0.4, -0.2) is 6.29 Å². The topological polar surface area (TPSA) is 43.1 Å². The Morgan fingerprint density at radius 2 is 2.31 bits per heavy atom. The fourth-order valence-electron chi connectivity index (χ4n) is 2.05. The molecule has 2 heteroatoms. The Kier molecular flexibility index (Phi) is 2.05. The first-order valence-electron chi connectivity index (χ1n) is 4.65. The van der Waals surface area contributed by atoms with E-state index in [0.717, 1.165) is 36.8 Å². The predicted octanol–water partition coefficient (Wildman–Crippen LogP) is 1.89. The smallest absolute Gasteiger partial charge is 0.127 e. The van der Waals surface area contributed by atoms with Crippen LogP contribution >= 0.6 is 0 Å². The second-order valence-corrected chi connectivity index (χ2v) is 3.55. The molecule has 0 aliphatic heterocycles. The van der Waals surface area contributed by atoms with Crippen LogP contribution < -0.4 is 5.73 Å². The van der Waals surface area contributed by atoms with Crippen LogP contribution in [0, 0.1) is 0 Å². The van der Waals surface area contributed by atoms with Crippen LogP contribution in [0.1, 0.15) is 29.9 Å². The van der Waals surface area contributed by atoms with E-state index in [-0.39, 0.29) is 5.92 Å². The number of carbonyl (C=O) groups excluding carboxylic acids is 1. The Balaban J connectivity index is 2.51. The number of carbonyl (C=O) groups is 1. The van der Waals surface area contributed by atoms with Gasteiger partial charge in [-0.3, -0.25) is 0 Å². The van der Waals surface area contributed by atoms with Gasteiger partial charge in [0.2, 0.25) is 0 Å². The number of hydrogen-bond acceptors (Lipinski definition) is 2. The van der Waals surface area contributed by atoms with E-state index in [4.69, 9.17) is 5.73 Å². The molecule has 68 valence electrons. The van der Waals surface area contributed by atoms with Gasteiger partial charge in [0.1, 0.15) is 6.29 Å². The van der Waals surface area contributed by atoms with Crippen molar-refractivity contribution >= 4 is 12.0 Å². The van der Waals surface area contributed by atoms with E-state index in [1.807, 2.05) is 18.2 Å². The van der Waals surface area contributed by atoms with Gasteiger partial charge in [0.25, 0.3) is 0 Å². The van der Waals surface area contributed by atoms with Gasteiger partial charge in [0, 0.05) is 11.6 Å². The van der Waals surface area contributed by atoms with Crippen molar-refractivity contribution in [2.75, 3.05) is 5.73 Å². The standard InChI is InChI=1S/C11H13NO/c12-11-6-2-4-9-8(7-13)3-1-5-10(9)11/h2,4,6-8H,1,3,5,12H2. The Hall–Kier alpha value is -1.31. The molecule has 2 N–H and O–H groups in total. The molecule has 1 aliphatic carbocycles. The molecule has 13 heavy (non-hydrogen) atoms. The van der Waals surface area contributed by atoms with Crippen molar-refractivity contribution in [3.8, 4) is 0 Å². The highest BCUT2D eigenvalue weighted by Gasteiger charge is 2.20. The lowest BCUT2D eigenvalue weighted by Crippen LogP contribution is -2.12. The van der Waals surface area contributed by atoms with Gasteiger partial charge in [-0.05, 0) is 36.5 Å². The number of fused-ring (bicyclic) bond motifs is 1. The number of nitrogen functional groups attached to an aromatic ring is 1. The minimum atomic E-state index is 0.0762. The van der Waals surface area contributed by atoms with E-state index in [1.165, 1.54) is 5.56 Å². The van der Waals surface area contributed by atoms with E-state index in [2.05, 4.69) is 0 Å². The SMILES string of the molecule is Nc1cccc2c1CCCC2C=O. The van der Waals surface area contributed by atoms with Gasteiger partial charge >= 0.3 is 0 Å². The summed E-state index contributed by atoms with van der Waals surface area (Å²) in [4.78, 5) is 10.8. The summed E-state index contributed by atoms with van der Waals surface area (Å²) in [5.41, 5.74) is 9.01. The molecule has 0 amide bonds. The van der Waals surface area contributed by atoms with E-state index < -0.39 is 0 Å². The lowest BCUT2D eigenvalue weighted by molar-refractivity contribution is -0.109. The molecule has 1 aromatic rings. The third kappa shape index (κ3) is 1.32. The molecule has 1 atom stereocenters. The highest BCUT2D eigenvalue weighted by molar-refractivity contribution is 5.67. The summed E-state index contributed by atoms with van der Waals surface area (Å²) in [5, 5.41) is 0. The second kappa shape index (κ2) is 3.21. The Labute approximate surface area is 77.8 Å². The van der Waals surface area contributed by atoms with E-state index in [0.29, 0.717) is 0 Å². The molecule has 0 saturated heterocycles. The van der Waals surface area contributed by atoms with Crippen LogP contribution in [0.2, 0.25) is 0 Å². The average molecular weight is 175 g/mol. The van der Waals surface area contributed by atoms with Gasteiger partial charge < -0.3 is 10.5 Å². The molecular weight excluding hydrogens is 162 g/mol. The van der Waals surface area contributed by atoms with Crippen molar-refractivity contribution < 1.29 is 4.79 Å². The summed E-state index contributed by atoms with van der Waals surface area (Å²) in [6.45, 7) is 0. The lowest BCUT2D eigenvalue weighted by atomic mass is 9.83. The highest BCUT2D eigenvalue weighted by Crippen LogP contribution is 2.32. The maximum Gasteiger partial charge on any atom is 0.127 e. The van der Waals surface area contributed by atoms with Gasteiger partial charge in [0.05, 0.1) is 0 Å². The average Bonchev–Trinajstić information content (AvgIpc) is 2.18. The highest BCUT2D eigenvalue weighted by atomic mass is 16.1. The minimum absolute atomic E-state index is 0.0762. The predicted molar refractivity (Wildman–Crippen MR) is 52.6 cm³/mol. The summed E-state index contributed by atoms with van der Waals surface area (Å²) in [7, 11) is 0. The van der Waals surface area contributed by atoms with Gasteiger partial charge in [-0.25, -0.2) is 0 Å². The summed E-state index contributed by atoms with van der Waals surface area (Å²) in [6.07, 6.45) is 4.11. The van der Waals surface area contributed by atoms with Crippen molar-refractivity contribution in [3.63, 3.8) is 0 Å². The zero-order valence-corrected chi connectivity index (χ0v) is 7.49. The van der Waals surface area contributed by atoms with Crippen molar-refractivity contribution in [3.05, 3.63) is 29.3 Å². The molecular formula is C11H13NO. The van der Waals surface area contributed by atoms with Gasteiger partial charge in [-0.15, -0.1) is 0 Å². The zero-order valence-electron chi connectivity index (χ0n) is 7.49. The molecule has 0 radical (unpaired) electrons. The summed E-state index contributed by atoms with van der Waals surface area (Å²) in [5.74, 6) is 0.0762. The van der Waals surface area contributed by atoms with Crippen LogP contribution in [0.25, 0.3) is 0 Å². The third-order valence-electron chi connectivity index (χ3n) is 2.75. The number of rotatable bonds is 1. The molecule has 1 unspecified atom stereocenters. The summed E-state index contributed by atoms with van der Waals surface area (Å²) in [6, 6.07) is 5.85. The van der Waals surface area contributed by atoms with Crippen molar-refractivity contribution in [1.29, 1.82) is 0 Å². The largest absolute Gasteiger partial charge is 0.398 e. The van der Waals surface area contributed by atoms with E-state index in [9.17, 15) is 4.79 Å². The number of anilines is 1. The quantitative estimate of drug-likeness (QED) is 0.523. The monoisotopic (exact) mass is 175 g/mol. The molecule has 0 spiro atoms. The van der Waals surface area contributed by atoms with Crippen LogP contribution in [0.15, 0.2) is 18.2 Å². The van der Waals surface area contributed by atoms with Gasteiger partial charge in [-0.2, -0.15) is 0 Å². The van der Waals surface area contributed by atoms with Crippen molar-refractivity contribution in [2.45, 2.75) is 25.2 Å². The maximum absolute atomic E-state index is 10.8. The molecule has 2 rings (SSSR count). The van der Waals surface area contributed by atoms with E-state index >= 15 is 0 Å². The van der Waals surface area contributed by atoms with Gasteiger partial charge in [-0.1, -0.05) is 12.1 Å².